The van der Waals surface area contributed by atoms with E-state index in [1.54, 1.807) is 43.4 Å². The molecule has 138 valence electrons. The van der Waals surface area contributed by atoms with Crippen molar-refractivity contribution in [1.82, 2.24) is 4.90 Å². The summed E-state index contributed by atoms with van der Waals surface area (Å²) in [6, 6.07) is 12.5. The fourth-order valence-corrected chi connectivity index (χ4v) is 4.72. The number of sulfone groups is 1. The molecule has 0 aliphatic carbocycles. The number of carbonyl (C=O) groups excluding carboxylic acids is 1. The first-order chi connectivity index (χ1) is 12.4. The number of halogens is 1. The van der Waals surface area contributed by atoms with Gasteiger partial charge in [0.1, 0.15) is 18.2 Å². The van der Waals surface area contributed by atoms with E-state index in [0.717, 1.165) is 5.56 Å². The number of hydrogen-bond acceptors (Lipinski definition) is 4. The fraction of sp³-hybridized carbons (Fsp3) is 0.316. The molecule has 2 aromatic rings. The van der Waals surface area contributed by atoms with Crippen LogP contribution in [-0.4, -0.2) is 43.8 Å². The first-order valence-electron chi connectivity index (χ1n) is 8.29. The standard InChI is InChI=1S/C19H20FNO4S/c1-21(16-10-11-26(23,24)13-16)19(22)17-4-2-3-5-18(17)25-12-14-6-8-15(20)9-7-14/h2-9,16H,10-13H2,1H3. The summed E-state index contributed by atoms with van der Waals surface area (Å²) in [7, 11) is -1.46. The summed E-state index contributed by atoms with van der Waals surface area (Å²) in [6.07, 6.45) is 0.448. The van der Waals surface area contributed by atoms with Gasteiger partial charge >= 0.3 is 0 Å². The third-order valence-corrected chi connectivity index (χ3v) is 6.25. The van der Waals surface area contributed by atoms with Gasteiger partial charge in [0.15, 0.2) is 9.84 Å². The van der Waals surface area contributed by atoms with Crippen molar-refractivity contribution in [2.45, 2.75) is 19.1 Å². The van der Waals surface area contributed by atoms with Crippen molar-refractivity contribution in [2.24, 2.45) is 0 Å². The summed E-state index contributed by atoms with van der Waals surface area (Å²) in [5, 5.41) is 0. The maximum absolute atomic E-state index is 13.0. The van der Waals surface area contributed by atoms with E-state index in [1.165, 1.54) is 17.0 Å². The largest absolute Gasteiger partial charge is 0.488 e. The second-order valence-electron chi connectivity index (χ2n) is 6.38. The molecule has 0 bridgehead atoms. The quantitative estimate of drug-likeness (QED) is 0.804. The molecule has 1 aliphatic rings. The molecular weight excluding hydrogens is 357 g/mol. The first-order valence-corrected chi connectivity index (χ1v) is 10.1. The second kappa shape index (κ2) is 7.45. The van der Waals surface area contributed by atoms with Crippen LogP contribution in [0.5, 0.6) is 5.75 Å². The lowest BCUT2D eigenvalue weighted by Gasteiger charge is -2.24. The zero-order chi connectivity index (χ0) is 18.7. The number of carbonyl (C=O) groups is 1. The zero-order valence-corrected chi connectivity index (χ0v) is 15.2. The van der Waals surface area contributed by atoms with Gasteiger partial charge in [0.2, 0.25) is 0 Å². The molecule has 0 radical (unpaired) electrons. The number of rotatable bonds is 5. The van der Waals surface area contributed by atoms with Crippen LogP contribution in [-0.2, 0) is 16.4 Å². The minimum atomic E-state index is -3.07. The molecule has 3 rings (SSSR count). The van der Waals surface area contributed by atoms with Gasteiger partial charge in [0.05, 0.1) is 17.1 Å². The first kappa shape index (κ1) is 18.4. The molecular formula is C19H20FNO4S. The summed E-state index contributed by atoms with van der Waals surface area (Å²) in [5.41, 5.74) is 1.16. The molecule has 5 nitrogen and oxygen atoms in total. The number of hydrogen-bond donors (Lipinski definition) is 0. The molecule has 1 heterocycles. The van der Waals surface area contributed by atoms with Crippen LogP contribution in [0.15, 0.2) is 48.5 Å². The van der Waals surface area contributed by atoms with Crippen molar-refractivity contribution >= 4 is 15.7 Å². The van der Waals surface area contributed by atoms with Gasteiger partial charge in [-0.3, -0.25) is 4.79 Å². The van der Waals surface area contributed by atoms with E-state index in [-0.39, 0.29) is 35.9 Å². The van der Waals surface area contributed by atoms with E-state index in [2.05, 4.69) is 0 Å². The number of benzene rings is 2. The Hall–Kier alpha value is -2.41. The fourth-order valence-electron chi connectivity index (χ4n) is 2.95. The lowest BCUT2D eigenvalue weighted by molar-refractivity contribution is 0.0743. The molecule has 7 heteroatoms. The minimum absolute atomic E-state index is 0.00611. The third kappa shape index (κ3) is 4.22. The molecule has 1 unspecified atom stereocenters. The molecule has 0 aromatic heterocycles. The van der Waals surface area contributed by atoms with E-state index in [1.807, 2.05) is 0 Å². The maximum Gasteiger partial charge on any atom is 0.257 e. The summed E-state index contributed by atoms with van der Waals surface area (Å²) in [4.78, 5) is 14.3. The number of nitrogens with zero attached hydrogens (tertiary/aromatic N) is 1. The summed E-state index contributed by atoms with van der Waals surface area (Å²) in [5.74, 6) is -0.0833. The third-order valence-electron chi connectivity index (χ3n) is 4.50. The van der Waals surface area contributed by atoms with Crippen LogP contribution < -0.4 is 4.74 Å². The van der Waals surface area contributed by atoms with Gasteiger partial charge in [0, 0.05) is 13.1 Å². The maximum atomic E-state index is 13.0. The number of para-hydroxylation sites is 1. The van der Waals surface area contributed by atoms with Crippen molar-refractivity contribution in [3.63, 3.8) is 0 Å². The summed E-state index contributed by atoms with van der Waals surface area (Å²) >= 11 is 0. The van der Waals surface area contributed by atoms with Crippen molar-refractivity contribution in [3.8, 4) is 5.75 Å². The van der Waals surface area contributed by atoms with Crippen LogP contribution in [0, 0.1) is 5.82 Å². The minimum Gasteiger partial charge on any atom is -0.488 e. The summed E-state index contributed by atoms with van der Waals surface area (Å²) < 4.78 is 42.1. The van der Waals surface area contributed by atoms with Gasteiger partial charge in [-0.25, -0.2) is 12.8 Å². The monoisotopic (exact) mass is 377 g/mol. The molecule has 1 amide bonds. The van der Waals surface area contributed by atoms with Crippen LogP contribution >= 0.6 is 0 Å². The topological polar surface area (TPSA) is 63.7 Å². The second-order valence-corrected chi connectivity index (χ2v) is 8.61. The van der Waals surface area contributed by atoms with Gasteiger partial charge in [0.25, 0.3) is 5.91 Å². The molecule has 0 N–H and O–H groups in total. The lowest BCUT2D eigenvalue weighted by atomic mass is 10.1. The van der Waals surface area contributed by atoms with Gasteiger partial charge < -0.3 is 9.64 Å². The van der Waals surface area contributed by atoms with Gasteiger partial charge in [-0.15, -0.1) is 0 Å². The molecule has 2 aromatic carbocycles. The Balaban J connectivity index is 1.73. The van der Waals surface area contributed by atoms with Crippen LogP contribution in [0.3, 0.4) is 0 Å². The number of amides is 1. The SMILES string of the molecule is CN(C(=O)c1ccccc1OCc1ccc(F)cc1)C1CCS(=O)(=O)C1. The van der Waals surface area contributed by atoms with Crippen LogP contribution in [0.2, 0.25) is 0 Å². The zero-order valence-electron chi connectivity index (χ0n) is 14.4. The van der Waals surface area contributed by atoms with E-state index >= 15 is 0 Å². The van der Waals surface area contributed by atoms with Gasteiger partial charge in [-0.05, 0) is 36.2 Å². The normalized spacial score (nSPS) is 18.5. The Bertz CT molecular complexity index is 896. The molecule has 1 fully saturated rings. The Morgan fingerprint density at radius 3 is 2.54 bits per heavy atom. The van der Waals surface area contributed by atoms with Crippen molar-refractivity contribution in [3.05, 3.63) is 65.5 Å². The highest BCUT2D eigenvalue weighted by Crippen LogP contribution is 2.24. The van der Waals surface area contributed by atoms with Gasteiger partial charge in [-0.1, -0.05) is 24.3 Å². The van der Waals surface area contributed by atoms with Crippen molar-refractivity contribution < 1.29 is 22.3 Å². The van der Waals surface area contributed by atoms with E-state index in [9.17, 15) is 17.6 Å². The van der Waals surface area contributed by atoms with Crippen LogP contribution in [0.1, 0.15) is 22.3 Å². The molecule has 0 spiro atoms. The predicted molar refractivity (Wildman–Crippen MR) is 96.3 cm³/mol. The number of ether oxygens (including phenoxy) is 1. The Kier molecular flexibility index (Phi) is 5.27. The van der Waals surface area contributed by atoms with Crippen molar-refractivity contribution in [1.29, 1.82) is 0 Å². The van der Waals surface area contributed by atoms with E-state index in [4.69, 9.17) is 4.74 Å². The molecule has 1 atom stereocenters. The van der Waals surface area contributed by atoms with Crippen LogP contribution in [0.4, 0.5) is 4.39 Å². The molecule has 0 saturated carbocycles. The summed E-state index contributed by atoms with van der Waals surface area (Å²) in [6.45, 7) is 0.200. The highest BCUT2D eigenvalue weighted by molar-refractivity contribution is 7.91. The average Bonchev–Trinajstić information content (AvgIpc) is 3.00. The van der Waals surface area contributed by atoms with Crippen LogP contribution in [0.25, 0.3) is 0 Å². The van der Waals surface area contributed by atoms with Gasteiger partial charge in [-0.2, -0.15) is 0 Å². The van der Waals surface area contributed by atoms with E-state index < -0.39 is 9.84 Å². The highest BCUT2D eigenvalue weighted by atomic mass is 32.2. The highest BCUT2D eigenvalue weighted by Gasteiger charge is 2.33. The molecule has 1 aliphatic heterocycles. The molecule has 1 saturated heterocycles. The molecule has 26 heavy (non-hydrogen) atoms. The Morgan fingerprint density at radius 2 is 1.88 bits per heavy atom. The average molecular weight is 377 g/mol. The van der Waals surface area contributed by atoms with E-state index in [0.29, 0.717) is 17.7 Å². The predicted octanol–water partition coefficient (Wildman–Crippen LogP) is 2.66. The van der Waals surface area contributed by atoms with Crippen molar-refractivity contribution in [2.75, 3.05) is 18.6 Å². The Morgan fingerprint density at radius 1 is 1.19 bits per heavy atom. The lowest BCUT2D eigenvalue weighted by Crippen LogP contribution is -2.38. The Labute approximate surface area is 152 Å². The smallest absolute Gasteiger partial charge is 0.257 e.